The highest BCUT2D eigenvalue weighted by Gasteiger charge is 2.65. The summed E-state index contributed by atoms with van der Waals surface area (Å²) in [5.74, 6) is -2.46. The fourth-order valence-electron chi connectivity index (χ4n) is 2.73. The quantitative estimate of drug-likeness (QED) is 0.279. The lowest BCUT2D eigenvalue weighted by molar-refractivity contribution is -0.174. The second kappa shape index (κ2) is 7.10. The lowest BCUT2D eigenvalue weighted by atomic mass is 9.86. The average molecular weight is 383 g/mol. The summed E-state index contributed by atoms with van der Waals surface area (Å²) in [6, 6.07) is 0. The van der Waals surface area contributed by atoms with Gasteiger partial charge in [-0.05, 0) is 33.5 Å². The van der Waals surface area contributed by atoms with E-state index in [1.807, 2.05) is 19.6 Å². The Morgan fingerprint density at radius 1 is 1.38 bits per heavy atom. The maximum absolute atomic E-state index is 12.6. The van der Waals surface area contributed by atoms with Gasteiger partial charge in [-0.2, -0.15) is 8.42 Å². The van der Waals surface area contributed by atoms with Gasteiger partial charge in [-0.1, -0.05) is 6.92 Å². The van der Waals surface area contributed by atoms with Gasteiger partial charge in [0.15, 0.2) is 8.32 Å². The van der Waals surface area contributed by atoms with Gasteiger partial charge in [0, 0.05) is 5.92 Å². The van der Waals surface area contributed by atoms with Crippen LogP contribution in [0.2, 0.25) is 19.6 Å². The number of esters is 2. The third kappa shape index (κ3) is 4.56. The highest BCUT2D eigenvalue weighted by molar-refractivity contribution is 7.86. The fourth-order valence-corrected chi connectivity index (χ4v) is 4.71. The first-order chi connectivity index (χ1) is 10.7. The molecule has 10 heteroatoms. The minimum atomic E-state index is -3.74. The van der Waals surface area contributed by atoms with E-state index in [2.05, 4.69) is 0 Å². The summed E-state index contributed by atoms with van der Waals surface area (Å²) in [5, 5.41) is 0. The standard InChI is InChI=1S/C14H26O8SSi/c1-8-19-12(15)14(22-24(5,6)7)9(2)11(20-13(14)16)10(3)21-23(4,17)18/h9-11H,8H2,1-7H3/t9-,10-,11+,14-/m0/s1. The van der Waals surface area contributed by atoms with Gasteiger partial charge in [0.05, 0.1) is 12.9 Å². The number of ether oxygens (including phenoxy) is 2. The maximum atomic E-state index is 12.6. The summed E-state index contributed by atoms with van der Waals surface area (Å²) in [6.07, 6.45) is -1.00. The SMILES string of the molecule is CCOC(=O)[C@]1(O[Si](C)(C)C)C(=O)O[C@@H]([C@H](C)OS(C)(=O)=O)[C@@H]1C. The van der Waals surface area contributed by atoms with Gasteiger partial charge in [-0.15, -0.1) is 0 Å². The molecule has 1 fully saturated rings. The van der Waals surface area contributed by atoms with Crippen LogP contribution >= 0.6 is 0 Å². The van der Waals surface area contributed by atoms with E-state index < -0.39 is 54.1 Å². The molecule has 0 aliphatic carbocycles. The molecule has 8 nitrogen and oxygen atoms in total. The minimum Gasteiger partial charge on any atom is -0.463 e. The Kier molecular flexibility index (Phi) is 6.24. The molecule has 0 spiro atoms. The van der Waals surface area contributed by atoms with E-state index in [-0.39, 0.29) is 6.61 Å². The molecule has 0 radical (unpaired) electrons. The first-order valence-electron chi connectivity index (χ1n) is 7.71. The first kappa shape index (κ1) is 21.1. The smallest absolute Gasteiger partial charge is 0.350 e. The van der Waals surface area contributed by atoms with Crippen LogP contribution in [-0.4, -0.2) is 59.3 Å². The summed E-state index contributed by atoms with van der Waals surface area (Å²) >= 11 is 0. The zero-order chi connectivity index (χ0) is 18.9. The van der Waals surface area contributed by atoms with Gasteiger partial charge in [-0.25, -0.2) is 9.59 Å². The zero-order valence-electron chi connectivity index (χ0n) is 15.1. The van der Waals surface area contributed by atoms with Crippen molar-refractivity contribution in [3.63, 3.8) is 0 Å². The Morgan fingerprint density at radius 2 is 1.92 bits per heavy atom. The third-order valence-electron chi connectivity index (χ3n) is 3.52. The summed E-state index contributed by atoms with van der Waals surface area (Å²) in [7, 11) is -6.09. The molecular formula is C14H26O8SSi. The Morgan fingerprint density at radius 3 is 2.33 bits per heavy atom. The normalized spacial score (nSPS) is 29.2. The molecule has 4 atom stereocenters. The summed E-state index contributed by atoms with van der Waals surface area (Å²) in [4.78, 5) is 25.1. The predicted molar refractivity (Wildman–Crippen MR) is 88.2 cm³/mol. The minimum absolute atomic E-state index is 0.0791. The van der Waals surface area contributed by atoms with Crippen molar-refractivity contribution in [2.24, 2.45) is 5.92 Å². The van der Waals surface area contributed by atoms with Crippen LogP contribution < -0.4 is 0 Å². The lowest BCUT2D eigenvalue weighted by Gasteiger charge is -2.34. The second-order valence-corrected chi connectivity index (χ2v) is 12.9. The summed E-state index contributed by atoms with van der Waals surface area (Å²) in [6.45, 7) is 10.3. The Bertz CT molecular complexity index is 596. The fraction of sp³-hybridized carbons (Fsp3) is 0.857. The topological polar surface area (TPSA) is 105 Å². The molecule has 0 aromatic heterocycles. The number of hydrogen-bond acceptors (Lipinski definition) is 8. The third-order valence-corrected chi connectivity index (χ3v) is 5.10. The van der Waals surface area contributed by atoms with Crippen molar-refractivity contribution >= 4 is 30.4 Å². The molecule has 0 amide bonds. The van der Waals surface area contributed by atoms with Gasteiger partial charge in [0.1, 0.15) is 12.2 Å². The largest absolute Gasteiger partial charge is 0.463 e. The van der Waals surface area contributed by atoms with Crippen LogP contribution in [0.3, 0.4) is 0 Å². The van der Waals surface area contributed by atoms with Crippen LogP contribution in [0.25, 0.3) is 0 Å². The molecule has 1 aliphatic rings. The summed E-state index contributed by atoms with van der Waals surface area (Å²) < 4.78 is 43.8. The van der Waals surface area contributed by atoms with E-state index in [1.165, 1.54) is 6.92 Å². The van der Waals surface area contributed by atoms with Crippen molar-refractivity contribution in [3.8, 4) is 0 Å². The van der Waals surface area contributed by atoms with Gasteiger partial charge < -0.3 is 13.9 Å². The van der Waals surface area contributed by atoms with E-state index >= 15 is 0 Å². The second-order valence-electron chi connectivity index (χ2n) is 6.83. The van der Waals surface area contributed by atoms with Gasteiger partial charge in [-0.3, -0.25) is 4.18 Å². The van der Waals surface area contributed by atoms with E-state index in [1.54, 1.807) is 13.8 Å². The molecule has 0 aromatic carbocycles. The number of carbonyl (C=O) groups is 2. The lowest BCUT2D eigenvalue weighted by Crippen LogP contribution is -2.57. The monoisotopic (exact) mass is 382 g/mol. The van der Waals surface area contributed by atoms with Crippen molar-refractivity contribution in [1.29, 1.82) is 0 Å². The number of rotatable bonds is 7. The molecule has 1 saturated heterocycles. The van der Waals surface area contributed by atoms with Crippen molar-refractivity contribution in [2.75, 3.05) is 12.9 Å². The van der Waals surface area contributed by atoms with Crippen molar-refractivity contribution in [2.45, 2.75) is 58.2 Å². The average Bonchev–Trinajstić information content (AvgIpc) is 2.61. The molecule has 0 aromatic rings. The Balaban J connectivity index is 3.24. The Labute approximate surface area is 144 Å². The molecule has 24 heavy (non-hydrogen) atoms. The molecule has 1 aliphatic heterocycles. The number of cyclic esters (lactones) is 1. The van der Waals surface area contributed by atoms with Crippen LogP contribution in [0, 0.1) is 5.92 Å². The van der Waals surface area contributed by atoms with Crippen LogP contribution in [0.4, 0.5) is 0 Å². The molecular weight excluding hydrogens is 356 g/mol. The number of carbonyl (C=O) groups excluding carboxylic acids is 2. The molecule has 0 N–H and O–H groups in total. The van der Waals surface area contributed by atoms with Crippen molar-refractivity contribution in [1.82, 2.24) is 0 Å². The van der Waals surface area contributed by atoms with E-state index in [9.17, 15) is 18.0 Å². The van der Waals surface area contributed by atoms with E-state index in [0.29, 0.717) is 0 Å². The van der Waals surface area contributed by atoms with Crippen LogP contribution in [0.15, 0.2) is 0 Å². The molecule has 0 bridgehead atoms. The molecule has 0 unspecified atom stereocenters. The molecule has 1 rings (SSSR count). The van der Waals surface area contributed by atoms with E-state index in [0.717, 1.165) is 6.26 Å². The summed E-state index contributed by atoms with van der Waals surface area (Å²) in [5.41, 5.74) is -1.90. The highest BCUT2D eigenvalue weighted by atomic mass is 32.2. The highest BCUT2D eigenvalue weighted by Crippen LogP contribution is 2.40. The van der Waals surface area contributed by atoms with Crippen LogP contribution in [0.5, 0.6) is 0 Å². The zero-order valence-corrected chi connectivity index (χ0v) is 16.9. The van der Waals surface area contributed by atoms with Crippen molar-refractivity contribution in [3.05, 3.63) is 0 Å². The molecule has 0 saturated carbocycles. The van der Waals surface area contributed by atoms with Gasteiger partial charge in [0.25, 0.3) is 15.7 Å². The van der Waals surface area contributed by atoms with Gasteiger partial charge >= 0.3 is 11.9 Å². The molecule has 140 valence electrons. The molecule has 1 heterocycles. The first-order valence-corrected chi connectivity index (χ1v) is 12.9. The number of hydrogen-bond donors (Lipinski definition) is 0. The van der Waals surface area contributed by atoms with Crippen LogP contribution in [-0.2, 0) is 37.8 Å². The predicted octanol–water partition coefficient (Wildman–Crippen LogP) is 1.07. The van der Waals surface area contributed by atoms with Crippen LogP contribution in [0.1, 0.15) is 20.8 Å². The van der Waals surface area contributed by atoms with Gasteiger partial charge in [0.2, 0.25) is 0 Å². The Hall–Kier alpha value is -0.973. The maximum Gasteiger partial charge on any atom is 0.350 e. The van der Waals surface area contributed by atoms with E-state index in [4.69, 9.17) is 18.1 Å². The van der Waals surface area contributed by atoms with Crippen molar-refractivity contribution < 1.29 is 36.1 Å².